The molecule has 0 fully saturated rings. The smallest absolute Gasteiger partial charge is 0.225 e. The number of carbonyl (C=O) groups is 1. The molecule has 1 aromatic carbocycles. The van der Waals surface area contributed by atoms with E-state index in [1.165, 1.54) is 12.1 Å². The maximum Gasteiger partial charge on any atom is 0.225 e. The Bertz CT molecular complexity index is 692. The first kappa shape index (κ1) is 16.7. The van der Waals surface area contributed by atoms with Crippen LogP contribution in [-0.4, -0.2) is 16.1 Å². The summed E-state index contributed by atoms with van der Waals surface area (Å²) in [4.78, 5) is 11.5. The first-order valence-electron chi connectivity index (χ1n) is 7.05. The van der Waals surface area contributed by atoms with Gasteiger partial charge in [-0.25, -0.2) is 13.2 Å². The van der Waals surface area contributed by atoms with Crippen LogP contribution in [0.15, 0.2) is 24.3 Å². The molecule has 1 amide bonds. The maximum atomic E-state index is 13.5. The van der Waals surface area contributed by atoms with E-state index in [1.807, 2.05) is 6.92 Å². The van der Waals surface area contributed by atoms with E-state index in [1.54, 1.807) is 0 Å². The standard InChI is InChI=1S/C15H15F3N4O/c1-2-3-4-13(23)20-12-8-7-11(21-22-12)19-10-6-5-9(16)14(17)15(10)18/h5-8H,2-4H2,1H3,(H,19,21)(H,20,22,23). The average Bonchev–Trinajstić information content (AvgIpc) is 2.55. The molecule has 5 nitrogen and oxygen atoms in total. The van der Waals surface area contributed by atoms with Gasteiger partial charge in [0, 0.05) is 6.42 Å². The van der Waals surface area contributed by atoms with Crippen LogP contribution in [0.4, 0.5) is 30.5 Å². The lowest BCUT2D eigenvalue weighted by Gasteiger charge is -2.08. The Kier molecular flexibility index (Phi) is 5.51. The van der Waals surface area contributed by atoms with Gasteiger partial charge < -0.3 is 10.6 Å². The summed E-state index contributed by atoms with van der Waals surface area (Å²) in [5, 5.41) is 12.6. The second-order valence-corrected chi connectivity index (χ2v) is 4.80. The SMILES string of the molecule is CCCCC(=O)Nc1ccc(Nc2ccc(F)c(F)c2F)nn1. The molecule has 0 aliphatic rings. The third-order valence-electron chi connectivity index (χ3n) is 2.99. The highest BCUT2D eigenvalue weighted by molar-refractivity contribution is 5.89. The summed E-state index contributed by atoms with van der Waals surface area (Å²) in [6.07, 6.45) is 2.06. The minimum Gasteiger partial charge on any atom is -0.336 e. The fourth-order valence-electron chi connectivity index (χ4n) is 1.77. The third-order valence-corrected chi connectivity index (χ3v) is 2.99. The van der Waals surface area contributed by atoms with Gasteiger partial charge in [0.25, 0.3) is 0 Å². The quantitative estimate of drug-likeness (QED) is 0.794. The van der Waals surface area contributed by atoms with Crippen molar-refractivity contribution < 1.29 is 18.0 Å². The lowest BCUT2D eigenvalue weighted by Crippen LogP contribution is -2.12. The summed E-state index contributed by atoms with van der Waals surface area (Å²) in [5.74, 6) is -3.98. The van der Waals surface area contributed by atoms with Crippen LogP contribution in [0, 0.1) is 17.5 Å². The van der Waals surface area contributed by atoms with Crippen molar-refractivity contribution in [2.45, 2.75) is 26.2 Å². The second kappa shape index (κ2) is 7.57. The summed E-state index contributed by atoms with van der Waals surface area (Å²) in [6, 6.07) is 4.76. The molecule has 8 heteroatoms. The summed E-state index contributed by atoms with van der Waals surface area (Å²) in [5.41, 5.74) is -0.266. The van der Waals surface area contributed by atoms with Gasteiger partial charge in [0.15, 0.2) is 29.1 Å². The van der Waals surface area contributed by atoms with Crippen molar-refractivity contribution in [3.8, 4) is 0 Å². The minimum atomic E-state index is -1.57. The van der Waals surface area contributed by atoms with Crippen LogP contribution in [0.5, 0.6) is 0 Å². The van der Waals surface area contributed by atoms with Gasteiger partial charge in [-0.05, 0) is 30.7 Å². The molecule has 0 aliphatic carbocycles. The Hall–Kier alpha value is -2.64. The van der Waals surface area contributed by atoms with E-state index < -0.39 is 17.5 Å². The van der Waals surface area contributed by atoms with Gasteiger partial charge in [-0.2, -0.15) is 0 Å². The molecule has 0 saturated heterocycles. The number of benzene rings is 1. The Morgan fingerprint density at radius 3 is 2.39 bits per heavy atom. The van der Waals surface area contributed by atoms with Crippen LogP contribution in [0.25, 0.3) is 0 Å². The zero-order chi connectivity index (χ0) is 16.8. The largest absolute Gasteiger partial charge is 0.336 e. The zero-order valence-corrected chi connectivity index (χ0v) is 12.4. The topological polar surface area (TPSA) is 66.9 Å². The molecule has 0 saturated carbocycles. The first-order chi connectivity index (χ1) is 11.0. The molecule has 2 rings (SSSR count). The summed E-state index contributed by atoms with van der Waals surface area (Å²) in [6.45, 7) is 1.98. The molecule has 0 aliphatic heterocycles. The number of rotatable bonds is 6. The first-order valence-corrected chi connectivity index (χ1v) is 7.05. The van der Waals surface area contributed by atoms with Crippen LogP contribution in [-0.2, 0) is 4.79 Å². The molecule has 1 heterocycles. The minimum absolute atomic E-state index is 0.126. The van der Waals surface area contributed by atoms with Crippen molar-refractivity contribution in [3.63, 3.8) is 0 Å². The Labute approximate surface area is 130 Å². The van der Waals surface area contributed by atoms with E-state index in [0.717, 1.165) is 25.0 Å². The van der Waals surface area contributed by atoms with Crippen LogP contribution in [0.3, 0.4) is 0 Å². The lowest BCUT2D eigenvalue weighted by molar-refractivity contribution is -0.116. The molecule has 0 bridgehead atoms. The van der Waals surface area contributed by atoms with E-state index in [4.69, 9.17) is 0 Å². The number of aromatic nitrogens is 2. The molecule has 1 aromatic heterocycles. The third kappa shape index (κ3) is 4.41. The fourth-order valence-corrected chi connectivity index (χ4v) is 1.77. The van der Waals surface area contributed by atoms with Crippen LogP contribution in [0.1, 0.15) is 26.2 Å². The Morgan fingerprint density at radius 1 is 1.04 bits per heavy atom. The number of amides is 1. The molecule has 23 heavy (non-hydrogen) atoms. The van der Waals surface area contributed by atoms with Crippen molar-refractivity contribution in [1.82, 2.24) is 10.2 Å². The Morgan fingerprint density at radius 2 is 1.74 bits per heavy atom. The second-order valence-electron chi connectivity index (χ2n) is 4.80. The van der Waals surface area contributed by atoms with Gasteiger partial charge in [-0.15, -0.1) is 10.2 Å². The van der Waals surface area contributed by atoms with Crippen molar-refractivity contribution in [2.24, 2.45) is 0 Å². The van der Waals surface area contributed by atoms with Crippen molar-refractivity contribution in [1.29, 1.82) is 0 Å². The number of anilines is 3. The normalized spacial score (nSPS) is 10.4. The molecule has 0 radical (unpaired) electrons. The molecular formula is C15H15F3N4O. The van der Waals surface area contributed by atoms with Gasteiger partial charge in [0.2, 0.25) is 5.91 Å². The highest BCUT2D eigenvalue weighted by Crippen LogP contribution is 2.22. The maximum absolute atomic E-state index is 13.5. The monoisotopic (exact) mass is 324 g/mol. The number of halogens is 3. The molecule has 0 spiro atoms. The Balaban J connectivity index is 2.03. The average molecular weight is 324 g/mol. The molecule has 2 N–H and O–H groups in total. The van der Waals surface area contributed by atoms with Gasteiger partial charge in [0.05, 0.1) is 5.69 Å². The predicted octanol–water partition coefficient (Wildman–Crippen LogP) is 3.77. The molecule has 0 unspecified atom stereocenters. The molecule has 122 valence electrons. The molecular weight excluding hydrogens is 309 g/mol. The van der Waals surface area contributed by atoms with E-state index in [-0.39, 0.29) is 23.2 Å². The molecule has 0 atom stereocenters. The number of carbonyl (C=O) groups excluding carboxylic acids is 1. The van der Waals surface area contributed by atoms with E-state index in [0.29, 0.717) is 6.42 Å². The lowest BCUT2D eigenvalue weighted by atomic mass is 10.2. The van der Waals surface area contributed by atoms with Gasteiger partial charge in [0.1, 0.15) is 0 Å². The van der Waals surface area contributed by atoms with Gasteiger partial charge in [-0.3, -0.25) is 4.79 Å². The highest BCUT2D eigenvalue weighted by atomic mass is 19.2. The van der Waals surface area contributed by atoms with Crippen molar-refractivity contribution in [3.05, 3.63) is 41.7 Å². The van der Waals surface area contributed by atoms with E-state index in [2.05, 4.69) is 20.8 Å². The number of hydrogen-bond donors (Lipinski definition) is 2. The van der Waals surface area contributed by atoms with Crippen LogP contribution in [0.2, 0.25) is 0 Å². The van der Waals surface area contributed by atoms with Crippen molar-refractivity contribution >= 4 is 23.2 Å². The number of hydrogen-bond acceptors (Lipinski definition) is 4. The van der Waals surface area contributed by atoms with Gasteiger partial charge in [-0.1, -0.05) is 13.3 Å². The van der Waals surface area contributed by atoms with E-state index >= 15 is 0 Å². The zero-order valence-electron chi connectivity index (χ0n) is 12.4. The number of unbranched alkanes of at least 4 members (excludes halogenated alkanes) is 1. The summed E-state index contributed by atoms with van der Waals surface area (Å²) < 4.78 is 39.5. The number of nitrogens with one attached hydrogen (secondary N) is 2. The summed E-state index contributed by atoms with van der Waals surface area (Å²) >= 11 is 0. The van der Waals surface area contributed by atoms with E-state index in [9.17, 15) is 18.0 Å². The summed E-state index contributed by atoms with van der Waals surface area (Å²) in [7, 11) is 0. The van der Waals surface area contributed by atoms with Crippen molar-refractivity contribution in [2.75, 3.05) is 10.6 Å². The van der Waals surface area contributed by atoms with Gasteiger partial charge >= 0.3 is 0 Å². The molecule has 2 aromatic rings. The van der Waals surface area contributed by atoms with Crippen LogP contribution < -0.4 is 10.6 Å². The predicted molar refractivity (Wildman–Crippen MR) is 79.8 cm³/mol. The highest BCUT2D eigenvalue weighted by Gasteiger charge is 2.14. The fraction of sp³-hybridized carbons (Fsp3) is 0.267. The number of nitrogens with zero attached hydrogens (tertiary/aromatic N) is 2. The van der Waals surface area contributed by atoms with Crippen LogP contribution >= 0.6 is 0 Å².